The molecule has 0 saturated carbocycles. The molecule has 0 bridgehead atoms. The number of carbonyl (C=O) groups excluding carboxylic acids is 1. The summed E-state index contributed by atoms with van der Waals surface area (Å²) in [5.74, 6) is -0.376. The van der Waals surface area contributed by atoms with Gasteiger partial charge in [-0.1, -0.05) is 219 Å². The number of aliphatic hydroxyl groups excluding tert-OH is 2. The first-order valence-corrected chi connectivity index (χ1v) is 26.7. The van der Waals surface area contributed by atoms with E-state index < -0.39 is 33.2 Å². The van der Waals surface area contributed by atoms with Gasteiger partial charge < -0.3 is 24.6 Å². The average molecular weight is 861 g/mol. The van der Waals surface area contributed by atoms with Gasteiger partial charge >= 0.3 is 13.8 Å². The van der Waals surface area contributed by atoms with E-state index in [9.17, 15) is 19.4 Å². The van der Waals surface area contributed by atoms with Crippen LogP contribution in [0.5, 0.6) is 0 Å². The first-order valence-electron chi connectivity index (χ1n) is 25.2. The van der Waals surface area contributed by atoms with Gasteiger partial charge in [0.1, 0.15) is 12.2 Å². The smallest absolute Gasteiger partial charge is 0.457 e. The van der Waals surface area contributed by atoms with Crippen molar-refractivity contribution < 1.29 is 43.0 Å². The second-order valence-electron chi connectivity index (χ2n) is 17.2. The van der Waals surface area contributed by atoms with Crippen LogP contribution in [0.15, 0.2) is 12.2 Å². The fraction of sp³-hybridized carbons (Fsp3) is 0.939. The van der Waals surface area contributed by atoms with E-state index in [1.165, 1.54) is 199 Å². The van der Waals surface area contributed by atoms with Crippen molar-refractivity contribution in [3.8, 4) is 0 Å². The summed E-state index contributed by atoms with van der Waals surface area (Å²) < 4.78 is 33.5. The maximum Gasteiger partial charge on any atom is 0.472 e. The number of carbonyl (C=O) groups is 1. The van der Waals surface area contributed by atoms with E-state index in [0.29, 0.717) is 6.61 Å². The van der Waals surface area contributed by atoms with Gasteiger partial charge in [-0.2, -0.15) is 0 Å². The second kappa shape index (κ2) is 46.7. The minimum absolute atomic E-state index is 0.0546. The van der Waals surface area contributed by atoms with Crippen LogP contribution in [0.4, 0.5) is 0 Å². The van der Waals surface area contributed by atoms with Gasteiger partial charge in [-0.3, -0.25) is 13.8 Å². The van der Waals surface area contributed by atoms with Crippen molar-refractivity contribution in [3.63, 3.8) is 0 Å². The molecule has 0 aromatic heterocycles. The lowest BCUT2D eigenvalue weighted by Gasteiger charge is -2.20. The molecule has 3 N–H and O–H groups in total. The highest BCUT2D eigenvalue weighted by Crippen LogP contribution is 2.43. The summed E-state index contributed by atoms with van der Waals surface area (Å²) in [5.41, 5.74) is 0. The first-order chi connectivity index (χ1) is 28.8. The molecule has 9 nitrogen and oxygen atoms in total. The Morgan fingerprint density at radius 1 is 0.508 bits per heavy atom. The van der Waals surface area contributed by atoms with Crippen LogP contribution in [0.1, 0.15) is 251 Å². The molecule has 3 unspecified atom stereocenters. The van der Waals surface area contributed by atoms with Crippen molar-refractivity contribution in [3.05, 3.63) is 12.2 Å². The highest BCUT2D eigenvalue weighted by atomic mass is 31.2. The van der Waals surface area contributed by atoms with Crippen LogP contribution in [0, 0.1) is 0 Å². The Morgan fingerprint density at radius 2 is 0.864 bits per heavy atom. The predicted molar refractivity (Wildman–Crippen MR) is 247 cm³/mol. The van der Waals surface area contributed by atoms with E-state index in [0.717, 1.165) is 32.1 Å². The number of hydrogen-bond donors (Lipinski definition) is 3. The van der Waals surface area contributed by atoms with Crippen LogP contribution in [-0.2, 0) is 27.9 Å². The Kier molecular flexibility index (Phi) is 46.1. The monoisotopic (exact) mass is 861 g/mol. The molecular formula is C49H97O9P. The summed E-state index contributed by atoms with van der Waals surface area (Å²) >= 11 is 0. The maximum absolute atomic E-state index is 12.7. The third-order valence-corrected chi connectivity index (χ3v) is 12.2. The lowest BCUT2D eigenvalue weighted by molar-refractivity contribution is -0.154. The van der Waals surface area contributed by atoms with Crippen LogP contribution < -0.4 is 0 Å². The number of phosphoric ester groups is 1. The van der Waals surface area contributed by atoms with Gasteiger partial charge in [0.25, 0.3) is 0 Å². The van der Waals surface area contributed by atoms with Crippen LogP contribution in [0.25, 0.3) is 0 Å². The standard InChI is InChI=1S/C49H97O9P/c1-3-5-7-9-11-13-15-17-19-21-23-24-26-28-30-32-34-36-38-40-42-55-45-48(46-57-59(53,54)56-44-47(51)43-50)58-49(52)41-39-37-35-33-31-29-27-25-22-20-18-16-14-12-10-8-6-4-2/h17,19,47-48,50-51H,3-16,18,20-46H2,1-2H3,(H,53,54)/b19-17-. The number of hydrogen-bond acceptors (Lipinski definition) is 8. The van der Waals surface area contributed by atoms with Crippen molar-refractivity contribution in [2.45, 2.75) is 264 Å². The Morgan fingerprint density at radius 3 is 1.27 bits per heavy atom. The fourth-order valence-electron chi connectivity index (χ4n) is 7.35. The lowest BCUT2D eigenvalue weighted by Crippen LogP contribution is -2.29. The third kappa shape index (κ3) is 46.5. The normalized spacial score (nSPS) is 13.9. The van der Waals surface area contributed by atoms with Crippen LogP contribution >= 0.6 is 7.82 Å². The molecule has 0 aliphatic rings. The number of phosphoric acid groups is 1. The zero-order valence-electron chi connectivity index (χ0n) is 38.7. The summed E-state index contributed by atoms with van der Waals surface area (Å²) in [6.45, 7) is 3.58. The van der Waals surface area contributed by atoms with E-state index in [-0.39, 0.29) is 25.6 Å². The zero-order valence-corrected chi connectivity index (χ0v) is 39.6. The zero-order chi connectivity index (χ0) is 43.2. The van der Waals surface area contributed by atoms with E-state index in [4.69, 9.17) is 23.6 Å². The maximum atomic E-state index is 12.7. The van der Waals surface area contributed by atoms with Gasteiger partial charge in [-0.25, -0.2) is 4.57 Å². The molecule has 0 heterocycles. The van der Waals surface area contributed by atoms with E-state index in [1.807, 2.05) is 0 Å². The number of ether oxygens (including phenoxy) is 2. The molecule has 10 heteroatoms. The van der Waals surface area contributed by atoms with Crippen LogP contribution in [0.3, 0.4) is 0 Å². The summed E-state index contributed by atoms with van der Waals surface area (Å²) in [6, 6.07) is 0. The minimum Gasteiger partial charge on any atom is -0.457 e. The molecule has 0 fully saturated rings. The first kappa shape index (κ1) is 58.2. The minimum atomic E-state index is -4.52. The van der Waals surface area contributed by atoms with E-state index >= 15 is 0 Å². The number of esters is 1. The van der Waals surface area contributed by atoms with Gasteiger partial charge in [-0.15, -0.1) is 0 Å². The molecular weight excluding hydrogens is 764 g/mol. The molecule has 0 rings (SSSR count). The summed E-state index contributed by atoms with van der Waals surface area (Å²) in [7, 11) is -4.52. The van der Waals surface area contributed by atoms with Crippen molar-refractivity contribution >= 4 is 13.8 Å². The molecule has 0 aromatic carbocycles. The Bertz CT molecular complexity index is 933. The van der Waals surface area contributed by atoms with Crippen molar-refractivity contribution in [1.29, 1.82) is 0 Å². The Hall–Kier alpha value is -0.800. The predicted octanol–water partition coefficient (Wildman–Crippen LogP) is 14.4. The highest BCUT2D eigenvalue weighted by Gasteiger charge is 2.26. The second-order valence-corrected chi connectivity index (χ2v) is 18.6. The molecule has 0 radical (unpaired) electrons. The van der Waals surface area contributed by atoms with Crippen molar-refractivity contribution in [2.75, 3.05) is 33.0 Å². The summed E-state index contributed by atoms with van der Waals surface area (Å²) in [4.78, 5) is 22.7. The number of allylic oxidation sites excluding steroid dienone is 2. The number of aliphatic hydroxyl groups is 2. The van der Waals surface area contributed by atoms with Gasteiger partial charge in [0.2, 0.25) is 0 Å². The molecule has 352 valence electrons. The number of unbranched alkanes of at least 4 members (excludes halogenated alkanes) is 33. The highest BCUT2D eigenvalue weighted by molar-refractivity contribution is 7.47. The van der Waals surface area contributed by atoms with Crippen LogP contribution in [0.2, 0.25) is 0 Å². The van der Waals surface area contributed by atoms with E-state index in [1.54, 1.807) is 0 Å². The quantitative estimate of drug-likeness (QED) is 0.0237. The van der Waals surface area contributed by atoms with E-state index in [2.05, 4.69) is 26.0 Å². The fourth-order valence-corrected chi connectivity index (χ4v) is 8.14. The Balaban J connectivity index is 4.05. The largest absolute Gasteiger partial charge is 0.472 e. The van der Waals surface area contributed by atoms with Gasteiger partial charge in [-0.05, 0) is 38.5 Å². The van der Waals surface area contributed by atoms with Gasteiger partial charge in [0.05, 0.1) is 26.4 Å². The van der Waals surface area contributed by atoms with Crippen molar-refractivity contribution in [2.24, 2.45) is 0 Å². The molecule has 0 saturated heterocycles. The molecule has 0 amide bonds. The molecule has 0 aliphatic heterocycles. The summed E-state index contributed by atoms with van der Waals surface area (Å²) in [6.07, 6.45) is 48.9. The number of rotatable bonds is 49. The van der Waals surface area contributed by atoms with Gasteiger partial charge in [0.15, 0.2) is 0 Å². The van der Waals surface area contributed by atoms with Crippen molar-refractivity contribution in [1.82, 2.24) is 0 Å². The van der Waals surface area contributed by atoms with Gasteiger partial charge in [0, 0.05) is 13.0 Å². The lowest BCUT2D eigenvalue weighted by atomic mass is 10.0. The van der Waals surface area contributed by atoms with Crippen LogP contribution in [-0.4, -0.2) is 66.3 Å². The third-order valence-electron chi connectivity index (χ3n) is 11.2. The Labute approximate surface area is 364 Å². The molecule has 0 aliphatic carbocycles. The molecule has 0 aromatic rings. The molecule has 3 atom stereocenters. The SMILES string of the molecule is CCCCCCCC/C=C\CCCCCCCCCCCCOCC(COP(=O)(O)OCC(O)CO)OC(=O)CCCCCCCCCCCCCCCCCCCC. The molecule has 0 spiro atoms. The topological polar surface area (TPSA) is 132 Å². The summed E-state index contributed by atoms with van der Waals surface area (Å²) in [5, 5.41) is 18.4. The molecule has 59 heavy (non-hydrogen) atoms. The average Bonchev–Trinajstić information content (AvgIpc) is 3.23.